The van der Waals surface area contributed by atoms with Crippen molar-refractivity contribution in [1.82, 2.24) is 0 Å². The van der Waals surface area contributed by atoms with Crippen LogP contribution in [-0.2, 0) is 0 Å². The second kappa shape index (κ2) is 5.62. The van der Waals surface area contributed by atoms with Gasteiger partial charge in [-0.05, 0) is 42.8 Å². The van der Waals surface area contributed by atoms with Crippen LogP contribution in [0.25, 0.3) is 0 Å². The average molecular weight is 299 g/mol. The zero-order valence-corrected chi connectivity index (χ0v) is 12.4. The third-order valence-corrected chi connectivity index (χ3v) is 3.58. The highest BCUT2D eigenvalue weighted by Crippen LogP contribution is 2.27. The molecule has 4 heteroatoms. The SMILES string of the molecule is CC1=CN(c2cccc(Cl)c2)C(=O)N(c2ccccc2)C1. The summed E-state index contributed by atoms with van der Waals surface area (Å²) in [7, 11) is 0. The van der Waals surface area contributed by atoms with Gasteiger partial charge in [0.1, 0.15) is 0 Å². The molecule has 0 spiro atoms. The topological polar surface area (TPSA) is 23.6 Å². The van der Waals surface area contributed by atoms with Crippen LogP contribution in [-0.4, -0.2) is 12.6 Å². The normalized spacial score (nSPS) is 15.1. The number of carbonyl (C=O) groups excluding carboxylic acids is 1. The fourth-order valence-electron chi connectivity index (χ4n) is 2.38. The quantitative estimate of drug-likeness (QED) is 0.789. The first-order valence-corrected chi connectivity index (χ1v) is 7.11. The summed E-state index contributed by atoms with van der Waals surface area (Å²) in [5, 5.41) is 0.614. The van der Waals surface area contributed by atoms with Crippen molar-refractivity contribution < 1.29 is 4.79 Å². The van der Waals surface area contributed by atoms with Crippen LogP contribution < -0.4 is 9.80 Å². The molecule has 0 bridgehead atoms. The van der Waals surface area contributed by atoms with Crippen molar-refractivity contribution in [2.45, 2.75) is 6.92 Å². The maximum absolute atomic E-state index is 12.7. The van der Waals surface area contributed by atoms with E-state index in [2.05, 4.69) is 0 Å². The molecule has 0 atom stereocenters. The minimum atomic E-state index is -0.0749. The van der Waals surface area contributed by atoms with Crippen LogP contribution in [0.3, 0.4) is 0 Å². The minimum Gasteiger partial charge on any atom is -0.290 e. The number of benzene rings is 2. The summed E-state index contributed by atoms with van der Waals surface area (Å²) in [4.78, 5) is 16.1. The van der Waals surface area contributed by atoms with E-state index >= 15 is 0 Å². The van der Waals surface area contributed by atoms with Crippen molar-refractivity contribution in [3.8, 4) is 0 Å². The molecule has 2 aromatic rings. The summed E-state index contributed by atoms with van der Waals surface area (Å²) >= 11 is 6.03. The van der Waals surface area contributed by atoms with E-state index in [0.717, 1.165) is 16.9 Å². The van der Waals surface area contributed by atoms with Crippen LogP contribution in [0.5, 0.6) is 0 Å². The molecule has 0 saturated heterocycles. The molecular formula is C17H15ClN2O. The molecule has 2 aromatic carbocycles. The van der Waals surface area contributed by atoms with Gasteiger partial charge < -0.3 is 0 Å². The van der Waals surface area contributed by atoms with Crippen LogP contribution in [0, 0.1) is 0 Å². The Morgan fingerprint density at radius 2 is 1.71 bits per heavy atom. The van der Waals surface area contributed by atoms with Crippen molar-refractivity contribution in [3.63, 3.8) is 0 Å². The first kappa shape index (κ1) is 13.7. The Morgan fingerprint density at radius 1 is 1.00 bits per heavy atom. The first-order valence-electron chi connectivity index (χ1n) is 6.74. The Labute approximate surface area is 129 Å². The molecule has 0 aliphatic carbocycles. The lowest BCUT2D eigenvalue weighted by molar-refractivity contribution is 0.253. The van der Waals surface area contributed by atoms with Gasteiger partial charge in [-0.1, -0.05) is 35.9 Å². The average Bonchev–Trinajstić information content (AvgIpc) is 2.50. The first-order chi connectivity index (χ1) is 10.1. The van der Waals surface area contributed by atoms with Gasteiger partial charge in [0.15, 0.2) is 0 Å². The highest BCUT2D eigenvalue weighted by Gasteiger charge is 2.27. The van der Waals surface area contributed by atoms with E-state index in [1.54, 1.807) is 21.9 Å². The molecule has 0 saturated carbocycles. The maximum Gasteiger partial charge on any atom is 0.333 e. The maximum atomic E-state index is 12.7. The zero-order chi connectivity index (χ0) is 14.8. The molecule has 0 unspecified atom stereocenters. The van der Waals surface area contributed by atoms with Crippen LogP contribution >= 0.6 is 11.6 Å². The Balaban J connectivity index is 1.99. The second-order valence-corrected chi connectivity index (χ2v) is 5.47. The second-order valence-electron chi connectivity index (χ2n) is 5.03. The van der Waals surface area contributed by atoms with Crippen molar-refractivity contribution in [3.05, 3.63) is 71.4 Å². The number of amides is 2. The number of anilines is 2. The standard InChI is InChI=1S/C17H15ClN2O/c1-13-11-19(15-7-3-2-4-8-15)17(21)20(12-13)16-9-5-6-14(18)10-16/h2-10,12H,11H2,1H3. The minimum absolute atomic E-state index is 0.0749. The molecule has 0 radical (unpaired) electrons. The number of carbonyl (C=O) groups is 1. The van der Waals surface area contributed by atoms with Crippen molar-refractivity contribution in [2.24, 2.45) is 0 Å². The summed E-state index contributed by atoms with van der Waals surface area (Å²) in [5.41, 5.74) is 2.77. The summed E-state index contributed by atoms with van der Waals surface area (Å²) in [6, 6.07) is 16.9. The van der Waals surface area contributed by atoms with Crippen LogP contribution in [0.2, 0.25) is 5.02 Å². The number of hydrogen-bond acceptors (Lipinski definition) is 1. The van der Waals surface area contributed by atoms with E-state index < -0.39 is 0 Å². The molecule has 1 aliphatic rings. The molecule has 3 nitrogen and oxygen atoms in total. The lowest BCUT2D eigenvalue weighted by Crippen LogP contribution is -2.45. The van der Waals surface area contributed by atoms with Crippen LogP contribution in [0.15, 0.2) is 66.4 Å². The predicted molar refractivity (Wildman–Crippen MR) is 86.9 cm³/mol. The number of nitrogens with zero attached hydrogens (tertiary/aromatic N) is 2. The van der Waals surface area contributed by atoms with E-state index in [9.17, 15) is 4.79 Å². The van der Waals surface area contributed by atoms with E-state index in [-0.39, 0.29) is 6.03 Å². The number of hydrogen-bond donors (Lipinski definition) is 0. The van der Waals surface area contributed by atoms with E-state index in [0.29, 0.717) is 11.6 Å². The van der Waals surface area contributed by atoms with Gasteiger partial charge in [0.2, 0.25) is 0 Å². The summed E-state index contributed by atoms with van der Waals surface area (Å²) < 4.78 is 0. The largest absolute Gasteiger partial charge is 0.333 e. The monoisotopic (exact) mass is 298 g/mol. The van der Waals surface area contributed by atoms with Gasteiger partial charge in [0.05, 0.1) is 12.2 Å². The Hall–Kier alpha value is -2.26. The molecule has 0 N–H and O–H groups in total. The van der Waals surface area contributed by atoms with Gasteiger partial charge in [0, 0.05) is 16.9 Å². The van der Waals surface area contributed by atoms with Crippen LogP contribution in [0.1, 0.15) is 6.92 Å². The third kappa shape index (κ3) is 2.78. The van der Waals surface area contributed by atoms with E-state index in [1.165, 1.54) is 0 Å². The van der Waals surface area contributed by atoms with Gasteiger partial charge in [-0.15, -0.1) is 0 Å². The lowest BCUT2D eigenvalue weighted by Gasteiger charge is -2.33. The van der Waals surface area contributed by atoms with Gasteiger partial charge in [-0.2, -0.15) is 0 Å². The zero-order valence-electron chi connectivity index (χ0n) is 11.7. The molecule has 106 valence electrons. The smallest absolute Gasteiger partial charge is 0.290 e. The predicted octanol–water partition coefficient (Wildman–Crippen LogP) is 4.69. The molecule has 0 fully saturated rings. The molecule has 0 aromatic heterocycles. The van der Waals surface area contributed by atoms with Gasteiger partial charge in [0.25, 0.3) is 0 Å². The fourth-order valence-corrected chi connectivity index (χ4v) is 2.57. The molecule has 1 heterocycles. The van der Waals surface area contributed by atoms with E-state index in [4.69, 9.17) is 11.6 Å². The van der Waals surface area contributed by atoms with Gasteiger partial charge >= 0.3 is 6.03 Å². The van der Waals surface area contributed by atoms with Crippen molar-refractivity contribution in [2.75, 3.05) is 16.3 Å². The highest BCUT2D eigenvalue weighted by atomic mass is 35.5. The molecular weight excluding hydrogens is 284 g/mol. The number of urea groups is 1. The number of para-hydroxylation sites is 1. The van der Waals surface area contributed by atoms with Crippen LogP contribution in [0.4, 0.5) is 16.2 Å². The Bertz CT molecular complexity index is 697. The van der Waals surface area contributed by atoms with E-state index in [1.807, 2.05) is 55.6 Å². The van der Waals surface area contributed by atoms with Gasteiger partial charge in [-0.25, -0.2) is 4.79 Å². The van der Waals surface area contributed by atoms with Crippen molar-refractivity contribution in [1.29, 1.82) is 0 Å². The molecule has 1 aliphatic heterocycles. The summed E-state index contributed by atoms with van der Waals surface area (Å²) in [5.74, 6) is 0. The molecule has 21 heavy (non-hydrogen) atoms. The Morgan fingerprint density at radius 3 is 2.43 bits per heavy atom. The fraction of sp³-hybridized carbons (Fsp3) is 0.118. The number of halogens is 1. The summed E-state index contributed by atoms with van der Waals surface area (Å²) in [6.07, 6.45) is 1.87. The third-order valence-electron chi connectivity index (χ3n) is 3.35. The summed E-state index contributed by atoms with van der Waals surface area (Å²) in [6.45, 7) is 2.61. The molecule has 2 amide bonds. The lowest BCUT2D eigenvalue weighted by atomic mass is 10.2. The number of rotatable bonds is 2. The Kier molecular flexibility index (Phi) is 3.67. The molecule has 3 rings (SSSR count). The van der Waals surface area contributed by atoms with Gasteiger partial charge in [-0.3, -0.25) is 9.80 Å². The van der Waals surface area contributed by atoms with Crippen molar-refractivity contribution >= 4 is 29.0 Å². The highest BCUT2D eigenvalue weighted by molar-refractivity contribution is 6.31.